The minimum atomic E-state index is -0.510. The number of ether oxygens (including phenoxy) is 1. The summed E-state index contributed by atoms with van der Waals surface area (Å²) >= 11 is 0. The van der Waals surface area contributed by atoms with E-state index in [1.165, 1.54) is 0 Å². The van der Waals surface area contributed by atoms with E-state index in [9.17, 15) is 9.59 Å². The van der Waals surface area contributed by atoms with Crippen LogP contribution in [0.25, 0.3) is 11.1 Å². The lowest BCUT2D eigenvalue weighted by atomic mass is 10.1. The van der Waals surface area contributed by atoms with E-state index < -0.39 is 5.76 Å². The van der Waals surface area contributed by atoms with Gasteiger partial charge in [0.1, 0.15) is 5.75 Å². The van der Waals surface area contributed by atoms with Crippen LogP contribution < -0.4 is 10.5 Å². The van der Waals surface area contributed by atoms with Gasteiger partial charge in [-0.15, -0.1) is 0 Å². The van der Waals surface area contributed by atoms with Crippen LogP contribution in [0.5, 0.6) is 5.75 Å². The highest BCUT2D eigenvalue weighted by atomic mass is 16.5. The van der Waals surface area contributed by atoms with Crippen molar-refractivity contribution in [3.63, 3.8) is 0 Å². The molecular weight excluding hydrogens is 258 g/mol. The van der Waals surface area contributed by atoms with E-state index in [2.05, 4.69) is 4.98 Å². The Morgan fingerprint density at radius 1 is 1.15 bits per heavy atom. The van der Waals surface area contributed by atoms with Crippen molar-refractivity contribution in [3.8, 4) is 5.75 Å². The van der Waals surface area contributed by atoms with Crippen molar-refractivity contribution < 1.29 is 13.9 Å². The highest BCUT2D eigenvalue weighted by Crippen LogP contribution is 2.14. The Balaban J connectivity index is 1.75. The molecule has 0 unspecified atom stereocenters. The normalized spacial score (nSPS) is 10.6. The number of H-pyrrole nitrogens is 1. The second-order valence-corrected chi connectivity index (χ2v) is 4.31. The van der Waals surface area contributed by atoms with Crippen molar-refractivity contribution in [1.82, 2.24) is 4.98 Å². The monoisotopic (exact) mass is 269 g/mol. The molecule has 0 radical (unpaired) electrons. The Labute approximate surface area is 113 Å². The molecule has 0 atom stereocenters. The molecule has 0 amide bonds. The Bertz CT molecular complexity index is 801. The van der Waals surface area contributed by atoms with Crippen LogP contribution in [-0.4, -0.2) is 11.0 Å². The van der Waals surface area contributed by atoms with Crippen LogP contribution in [0.2, 0.25) is 0 Å². The topological polar surface area (TPSA) is 72.3 Å². The number of esters is 1. The van der Waals surface area contributed by atoms with Crippen LogP contribution in [0.15, 0.2) is 57.7 Å². The summed E-state index contributed by atoms with van der Waals surface area (Å²) in [5.41, 5.74) is 1.76. The van der Waals surface area contributed by atoms with E-state index in [4.69, 9.17) is 9.15 Å². The smallest absolute Gasteiger partial charge is 0.417 e. The molecule has 5 nitrogen and oxygen atoms in total. The number of benzene rings is 2. The van der Waals surface area contributed by atoms with Crippen molar-refractivity contribution in [3.05, 3.63) is 64.6 Å². The molecule has 0 saturated heterocycles. The fourth-order valence-corrected chi connectivity index (χ4v) is 1.92. The maximum absolute atomic E-state index is 11.8. The fraction of sp³-hybridized carbons (Fsp3) is 0.0667. The van der Waals surface area contributed by atoms with Gasteiger partial charge in [0.2, 0.25) is 0 Å². The van der Waals surface area contributed by atoms with Crippen molar-refractivity contribution in [2.45, 2.75) is 6.42 Å². The Morgan fingerprint density at radius 2 is 1.95 bits per heavy atom. The van der Waals surface area contributed by atoms with Gasteiger partial charge in [-0.3, -0.25) is 9.78 Å². The minimum absolute atomic E-state index is 0.111. The summed E-state index contributed by atoms with van der Waals surface area (Å²) in [7, 11) is 0. The van der Waals surface area contributed by atoms with Crippen molar-refractivity contribution in [2.24, 2.45) is 0 Å². The average Bonchev–Trinajstić information content (AvgIpc) is 2.79. The third kappa shape index (κ3) is 2.61. The van der Waals surface area contributed by atoms with E-state index in [0.717, 1.165) is 5.56 Å². The lowest BCUT2D eigenvalue weighted by molar-refractivity contribution is -0.133. The molecule has 0 aliphatic heterocycles. The van der Waals surface area contributed by atoms with E-state index in [0.29, 0.717) is 16.8 Å². The first-order chi connectivity index (χ1) is 9.70. The van der Waals surface area contributed by atoms with Gasteiger partial charge >= 0.3 is 11.7 Å². The van der Waals surface area contributed by atoms with Crippen LogP contribution >= 0.6 is 0 Å². The molecule has 0 aliphatic carbocycles. The van der Waals surface area contributed by atoms with Gasteiger partial charge in [0.25, 0.3) is 0 Å². The number of hydrogen-bond donors (Lipinski definition) is 1. The zero-order valence-corrected chi connectivity index (χ0v) is 10.5. The van der Waals surface area contributed by atoms with Gasteiger partial charge in [0.05, 0.1) is 11.9 Å². The Morgan fingerprint density at radius 3 is 2.75 bits per heavy atom. The largest absolute Gasteiger partial charge is 0.426 e. The molecule has 3 aromatic rings. The first-order valence-corrected chi connectivity index (χ1v) is 6.08. The van der Waals surface area contributed by atoms with Crippen molar-refractivity contribution in [2.75, 3.05) is 0 Å². The number of aromatic nitrogens is 1. The fourth-order valence-electron chi connectivity index (χ4n) is 1.92. The lowest BCUT2D eigenvalue weighted by Gasteiger charge is -2.03. The molecule has 0 fully saturated rings. The first-order valence-electron chi connectivity index (χ1n) is 6.08. The summed E-state index contributed by atoms with van der Waals surface area (Å²) in [6, 6.07) is 14.0. The quantitative estimate of drug-likeness (QED) is 0.584. The zero-order valence-electron chi connectivity index (χ0n) is 10.5. The first kappa shape index (κ1) is 12.2. The SMILES string of the molecule is O=C(Cc1ccc2[nH]c(=O)oc2c1)Oc1ccccc1. The number of aromatic amines is 1. The van der Waals surface area contributed by atoms with Gasteiger partial charge in [0, 0.05) is 0 Å². The molecule has 1 N–H and O–H groups in total. The summed E-state index contributed by atoms with van der Waals surface area (Å²) in [6.07, 6.45) is 0.111. The standard InChI is InChI=1S/C15H11NO4/c17-14(19-11-4-2-1-3-5-11)9-10-6-7-12-13(8-10)20-15(18)16-12/h1-8H,9H2,(H,16,18). The zero-order chi connectivity index (χ0) is 13.9. The summed E-state index contributed by atoms with van der Waals surface area (Å²) in [6.45, 7) is 0. The maximum Gasteiger partial charge on any atom is 0.417 e. The number of para-hydroxylation sites is 1. The average molecular weight is 269 g/mol. The molecule has 1 heterocycles. The van der Waals surface area contributed by atoms with Gasteiger partial charge in [-0.05, 0) is 29.8 Å². The minimum Gasteiger partial charge on any atom is -0.426 e. The molecule has 1 aromatic heterocycles. The van der Waals surface area contributed by atoms with Gasteiger partial charge in [-0.1, -0.05) is 24.3 Å². The van der Waals surface area contributed by atoms with E-state index in [1.54, 1.807) is 42.5 Å². The number of carbonyl (C=O) groups excluding carboxylic acids is 1. The molecular formula is C15H11NO4. The van der Waals surface area contributed by atoms with Crippen LogP contribution in [0.3, 0.4) is 0 Å². The molecule has 3 rings (SSSR count). The molecule has 0 bridgehead atoms. The lowest BCUT2D eigenvalue weighted by Crippen LogP contribution is -2.11. The summed E-state index contributed by atoms with van der Waals surface area (Å²) in [4.78, 5) is 25.4. The number of fused-ring (bicyclic) bond motifs is 1. The van der Waals surface area contributed by atoms with Gasteiger partial charge in [0.15, 0.2) is 5.58 Å². The van der Waals surface area contributed by atoms with Crippen molar-refractivity contribution >= 4 is 17.1 Å². The molecule has 100 valence electrons. The summed E-state index contributed by atoms with van der Waals surface area (Å²) in [5, 5.41) is 0. The van der Waals surface area contributed by atoms with Crippen LogP contribution in [0.1, 0.15) is 5.56 Å². The van der Waals surface area contributed by atoms with Gasteiger partial charge in [-0.2, -0.15) is 0 Å². The summed E-state index contributed by atoms with van der Waals surface area (Å²) < 4.78 is 10.1. The number of carbonyl (C=O) groups is 1. The van der Waals surface area contributed by atoms with Crippen molar-refractivity contribution in [1.29, 1.82) is 0 Å². The van der Waals surface area contributed by atoms with Gasteiger partial charge < -0.3 is 9.15 Å². The van der Waals surface area contributed by atoms with Crippen LogP contribution in [0.4, 0.5) is 0 Å². The molecule has 0 saturated carbocycles. The molecule has 20 heavy (non-hydrogen) atoms. The Hall–Kier alpha value is -2.82. The molecule has 5 heteroatoms. The molecule has 2 aromatic carbocycles. The maximum atomic E-state index is 11.8. The van der Waals surface area contributed by atoms with Crippen LogP contribution in [-0.2, 0) is 11.2 Å². The highest BCUT2D eigenvalue weighted by molar-refractivity contribution is 5.78. The molecule has 0 spiro atoms. The van der Waals surface area contributed by atoms with E-state index in [1.807, 2.05) is 6.07 Å². The number of oxazole rings is 1. The van der Waals surface area contributed by atoms with E-state index >= 15 is 0 Å². The molecule has 0 aliphatic rings. The highest BCUT2D eigenvalue weighted by Gasteiger charge is 2.08. The number of hydrogen-bond acceptors (Lipinski definition) is 4. The van der Waals surface area contributed by atoms with Gasteiger partial charge in [-0.25, -0.2) is 4.79 Å². The number of nitrogens with one attached hydrogen (secondary N) is 1. The second kappa shape index (κ2) is 5.05. The third-order valence-corrected chi connectivity index (χ3v) is 2.81. The predicted octanol–water partition coefficient (Wildman–Crippen LogP) is 2.27. The third-order valence-electron chi connectivity index (χ3n) is 2.81. The Kier molecular flexibility index (Phi) is 3.09. The van der Waals surface area contributed by atoms with E-state index in [-0.39, 0.29) is 12.4 Å². The second-order valence-electron chi connectivity index (χ2n) is 4.31. The summed E-state index contributed by atoms with van der Waals surface area (Å²) in [5.74, 6) is -0.371. The number of rotatable bonds is 3. The predicted molar refractivity (Wildman–Crippen MR) is 72.6 cm³/mol. The van der Waals surface area contributed by atoms with Crippen LogP contribution in [0, 0.1) is 0 Å².